The van der Waals surface area contributed by atoms with Gasteiger partial charge < -0.3 is 10.2 Å². The van der Waals surface area contributed by atoms with Crippen molar-refractivity contribution in [1.29, 1.82) is 0 Å². The number of fused-ring (bicyclic) bond motifs is 3. The van der Waals surface area contributed by atoms with E-state index in [1.165, 1.54) is 4.90 Å². The molecule has 0 fully saturated rings. The molecular formula is C15H11ClN2OS. The van der Waals surface area contributed by atoms with Gasteiger partial charge in [0.05, 0.1) is 5.39 Å². The molecule has 1 aromatic carbocycles. The summed E-state index contributed by atoms with van der Waals surface area (Å²) in [6.07, 6.45) is 0.982. The summed E-state index contributed by atoms with van der Waals surface area (Å²) in [6, 6.07) is 9.63. The lowest BCUT2D eigenvalue weighted by molar-refractivity contribution is 0.618. The summed E-state index contributed by atoms with van der Waals surface area (Å²) in [5, 5.41) is 1.77. The number of hydrogen-bond donors (Lipinski definition) is 1. The van der Waals surface area contributed by atoms with E-state index in [0.717, 1.165) is 34.4 Å². The number of thioether (sulfide) groups is 1. The molecule has 0 aliphatic carbocycles. The normalized spacial score (nSPS) is 13.8. The Balaban J connectivity index is 1.93. The highest BCUT2D eigenvalue weighted by molar-refractivity contribution is 7.99. The molecule has 1 aliphatic heterocycles. The Bertz CT molecular complexity index is 811. The van der Waals surface area contributed by atoms with Gasteiger partial charge in [-0.2, -0.15) is 4.98 Å². The number of halogens is 1. The molecule has 1 aliphatic rings. The number of pyridine rings is 1. The van der Waals surface area contributed by atoms with Crippen molar-refractivity contribution in [2.24, 2.45) is 0 Å². The van der Waals surface area contributed by atoms with Gasteiger partial charge >= 0.3 is 0 Å². The number of nitrogens with zero attached hydrogens (tertiary/aromatic N) is 1. The smallest absolute Gasteiger partial charge is 0.229 e. The van der Waals surface area contributed by atoms with Crippen molar-refractivity contribution in [3.8, 4) is 11.3 Å². The van der Waals surface area contributed by atoms with Crippen LogP contribution in [0.4, 0.5) is 5.82 Å². The number of rotatable bonds is 1. The quantitative estimate of drug-likeness (QED) is 0.725. The number of nitrogen functional groups attached to an aromatic ring is 1. The minimum atomic E-state index is 0.592. The summed E-state index contributed by atoms with van der Waals surface area (Å²) in [7, 11) is 0. The van der Waals surface area contributed by atoms with E-state index >= 15 is 0 Å². The predicted molar refractivity (Wildman–Crippen MR) is 83.3 cm³/mol. The Labute approximate surface area is 125 Å². The molecular weight excluding hydrogens is 292 g/mol. The maximum Gasteiger partial charge on any atom is 0.229 e. The van der Waals surface area contributed by atoms with Crippen LogP contribution in [0.15, 0.2) is 39.6 Å². The topological polar surface area (TPSA) is 52.0 Å². The summed E-state index contributed by atoms with van der Waals surface area (Å²) in [4.78, 5) is 5.60. The fourth-order valence-electron chi connectivity index (χ4n) is 2.50. The molecule has 0 bridgehead atoms. The third-order valence-electron chi connectivity index (χ3n) is 3.49. The number of benzene rings is 1. The van der Waals surface area contributed by atoms with Gasteiger partial charge in [-0.3, -0.25) is 0 Å². The molecule has 4 rings (SSSR count). The molecule has 0 spiro atoms. The van der Waals surface area contributed by atoms with E-state index in [4.69, 9.17) is 21.8 Å². The number of hydrogen-bond acceptors (Lipinski definition) is 4. The molecule has 100 valence electrons. The first-order valence-corrected chi connectivity index (χ1v) is 7.69. The Hall–Kier alpha value is -1.65. The van der Waals surface area contributed by atoms with Crippen LogP contribution in [-0.4, -0.2) is 10.7 Å². The highest BCUT2D eigenvalue weighted by Gasteiger charge is 2.22. The van der Waals surface area contributed by atoms with Crippen LogP contribution >= 0.6 is 23.4 Å². The summed E-state index contributed by atoms with van der Waals surface area (Å²) in [5.74, 6) is 2.45. The standard InChI is InChI=1S/C15H11ClN2OS/c16-9-3-1-8(2-4-9)12-7-11-13-10(5-6-20-13)14(17)18-15(11)19-12/h1-4,7H,5-6H2,(H2,17,18). The van der Waals surface area contributed by atoms with Crippen molar-refractivity contribution < 1.29 is 4.42 Å². The fourth-order valence-corrected chi connectivity index (χ4v) is 3.82. The summed E-state index contributed by atoms with van der Waals surface area (Å²) < 4.78 is 5.85. The molecule has 2 N–H and O–H groups in total. The van der Waals surface area contributed by atoms with Crippen LogP contribution in [-0.2, 0) is 6.42 Å². The van der Waals surface area contributed by atoms with Crippen molar-refractivity contribution in [1.82, 2.24) is 4.98 Å². The van der Waals surface area contributed by atoms with Crippen LogP contribution in [0, 0.1) is 0 Å². The van der Waals surface area contributed by atoms with Gasteiger partial charge in [0, 0.05) is 26.8 Å². The second-order valence-electron chi connectivity index (χ2n) is 4.74. The molecule has 5 heteroatoms. The van der Waals surface area contributed by atoms with E-state index in [-0.39, 0.29) is 0 Å². The van der Waals surface area contributed by atoms with E-state index in [1.54, 1.807) is 0 Å². The third kappa shape index (κ3) is 1.79. The van der Waals surface area contributed by atoms with Gasteiger partial charge in [-0.05, 0) is 36.8 Å². The molecule has 0 amide bonds. The Kier molecular flexibility index (Phi) is 2.69. The van der Waals surface area contributed by atoms with Gasteiger partial charge in [0.15, 0.2) is 0 Å². The first-order valence-electron chi connectivity index (χ1n) is 6.33. The third-order valence-corrected chi connectivity index (χ3v) is 4.90. The second kappa shape index (κ2) is 4.43. The van der Waals surface area contributed by atoms with Crippen LogP contribution in [0.2, 0.25) is 5.02 Å². The minimum Gasteiger partial charge on any atom is -0.438 e. The number of anilines is 1. The molecule has 2 aromatic heterocycles. The van der Waals surface area contributed by atoms with Gasteiger partial charge in [-0.15, -0.1) is 11.8 Å². The van der Waals surface area contributed by atoms with Gasteiger partial charge in [-0.25, -0.2) is 0 Å². The van der Waals surface area contributed by atoms with Crippen LogP contribution in [0.5, 0.6) is 0 Å². The monoisotopic (exact) mass is 302 g/mol. The minimum absolute atomic E-state index is 0.592. The highest BCUT2D eigenvalue weighted by Crippen LogP contribution is 2.41. The van der Waals surface area contributed by atoms with Gasteiger partial charge in [0.25, 0.3) is 0 Å². The largest absolute Gasteiger partial charge is 0.438 e. The Morgan fingerprint density at radius 3 is 2.85 bits per heavy atom. The van der Waals surface area contributed by atoms with Crippen molar-refractivity contribution >= 4 is 40.3 Å². The average Bonchev–Trinajstić information content (AvgIpc) is 3.05. The van der Waals surface area contributed by atoms with Gasteiger partial charge in [0.1, 0.15) is 11.6 Å². The van der Waals surface area contributed by atoms with Crippen molar-refractivity contribution in [2.45, 2.75) is 11.3 Å². The van der Waals surface area contributed by atoms with Gasteiger partial charge in [0.2, 0.25) is 5.71 Å². The highest BCUT2D eigenvalue weighted by atomic mass is 35.5. The first kappa shape index (κ1) is 12.1. The van der Waals surface area contributed by atoms with Crippen molar-refractivity contribution in [2.75, 3.05) is 11.5 Å². The lowest BCUT2D eigenvalue weighted by Crippen LogP contribution is -1.96. The van der Waals surface area contributed by atoms with Crippen molar-refractivity contribution in [3.63, 3.8) is 0 Å². The average molecular weight is 303 g/mol. The number of furan rings is 1. The zero-order chi connectivity index (χ0) is 13.7. The summed E-state index contributed by atoms with van der Waals surface area (Å²) in [5.41, 5.74) is 8.76. The number of aromatic nitrogens is 1. The van der Waals surface area contributed by atoms with Crippen LogP contribution in [0.25, 0.3) is 22.4 Å². The molecule has 3 aromatic rings. The zero-order valence-corrected chi connectivity index (χ0v) is 12.1. The maximum absolute atomic E-state index is 6.00. The van der Waals surface area contributed by atoms with E-state index in [1.807, 2.05) is 42.1 Å². The summed E-state index contributed by atoms with van der Waals surface area (Å²) in [6.45, 7) is 0. The molecule has 0 saturated heterocycles. The zero-order valence-electron chi connectivity index (χ0n) is 10.5. The lowest BCUT2D eigenvalue weighted by atomic mass is 10.1. The van der Waals surface area contributed by atoms with E-state index in [9.17, 15) is 0 Å². The molecule has 20 heavy (non-hydrogen) atoms. The molecule has 3 heterocycles. The number of nitrogens with two attached hydrogens (primary N) is 1. The fraction of sp³-hybridized carbons (Fsp3) is 0.133. The molecule has 0 saturated carbocycles. The van der Waals surface area contributed by atoms with Crippen molar-refractivity contribution in [3.05, 3.63) is 40.9 Å². The molecule has 0 unspecified atom stereocenters. The molecule has 0 radical (unpaired) electrons. The SMILES string of the molecule is Nc1nc2oc(-c3ccc(Cl)cc3)cc2c2c1CCS2. The second-order valence-corrected chi connectivity index (χ2v) is 6.28. The van der Waals surface area contributed by atoms with Crippen LogP contribution < -0.4 is 5.73 Å². The molecule has 0 atom stereocenters. The first-order chi connectivity index (χ1) is 9.72. The predicted octanol–water partition coefficient (Wildman–Crippen LogP) is 4.38. The van der Waals surface area contributed by atoms with E-state index in [2.05, 4.69) is 4.98 Å². The Morgan fingerprint density at radius 2 is 2.05 bits per heavy atom. The van der Waals surface area contributed by atoms with Crippen LogP contribution in [0.3, 0.4) is 0 Å². The van der Waals surface area contributed by atoms with E-state index < -0.39 is 0 Å². The van der Waals surface area contributed by atoms with Crippen LogP contribution in [0.1, 0.15) is 5.56 Å². The summed E-state index contributed by atoms with van der Waals surface area (Å²) >= 11 is 7.73. The Morgan fingerprint density at radius 1 is 1.25 bits per heavy atom. The molecule has 3 nitrogen and oxygen atoms in total. The van der Waals surface area contributed by atoms with Gasteiger partial charge in [-0.1, -0.05) is 11.6 Å². The maximum atomic E-state index is 6.00. The van der Waals surface area contributed by atoms with E-state index in [0.29, 0.717) is 16.6 Å². The lowest BCUT2D eigenvalue weighted by Gasteiger charge is -2.01.